The predicted octanol–water partition coefficient (Wildman–Crippen LogP) is 2.84. The van der Waals surface area contributed by atoms with E-state index < -0.39 is 30.8 Å². The molecule has 10 heteroatoms. The third-order valence-electron chi connectivity index (χ3n) is 3.38. The van der Waals surface area contributed by atoms with Crippen LogP contribution in [0, 0.1) is 12.7 Å². The van der Waals surface area contributed by atoms with Crippen molar-refractivity contribution >= 4 is 37.3 Å². The maximum Gasteiger partial charge on any atom is 0.264 e. The van der Waals surface area contributed by atoms with Gasteiger partial charge in [0.15, 0.2) is 0 Å². The lowest BCUT2D eigenvalue weighted by Crippen LogP contribution is -2.23. The van der Waals surface area contributed by atoms with E-state index in [1.165, 1.54) is 38.4 Å². The van der Waals surface area contributed by atoms with Crippen molar-refractivity contribution in [3.8, 4) is 0 Å². The first-order chi connectivity index (χ1) is 11.4. The van der Waals surface area contributed by atoms with Crippen molar-refractivity contribution in [1.29, 1.82) is 0 Å². The first kappa shape index (κ1) is 19.6. The highest BCUT2D eigenvalue weighted by Crippen LogP contribution is 2.26. The Balaban J connectivity index is 2.47. The molecule has 1 N–H and O–H groups in total. The molecule has 0 aliphatic carbocycles. The molecule has 2 aromatic carbocycles. The lowest BCUT2D eigenvalue weighted by atomic mass is 10.2. The molecule has 0 atom stereocenters. The number of aryl methyl sites for hydroxylation is 1. The minimum atomic E-state index is -4.25. The smallest absolute Gasteiger partial charge is 0.264 e. The summed E-state index contributed by atoms with van der Waals surface area (Å²) in [6.07, 6.45) is 0. The van der Waals surface area contributed by atoms with Gasteiger partial charge in [-0.3, -0.25) is 4.72 Å². The molecule has 0 heterocycles. The zero-order valence-electron chi connectivity index (χ0n) is 13.6. The Morgan fingerprint density at radius 2 is 1.64 bits per heavy atom. The molecule has 0 saturated heterocycles. The fourth-order valence-electron chi connectivity index (χ4n) is 2.04. The van der Waals surface area contributed by atoms with Crippen LogP contribution in [0.3, 0.4) is 0 Å². The number of nitrogens with one attached hydrogen (secondary N) is 1. The Labute approximate surface area is 151 Å². The number of sulfonamides is 2. The summed E-state index contributed by atoms with van der Waals surface area (Å²) in [6.45, 7) is 1.59. The fourth-order valence-corrected chi connectivity index (χ4v) is 4.45. The van der Waals surface area contributed by atoms with Crippen LogP contribution in [0.1, 0.15) is 5.56 Å². The van der Waals surface area contributed by atoms with Crippen LogP contribution in [0.15, 0.2) is 46.2 Å². The van der Waals surface area contributed by atoms with Crippen molar-refractivity contribution in [3.05, 3.63) is 52.8 Å². The topological polar surface area (TPSA) is 83.5 Å². The maximum absolute atomic E-state index is 13.9. The van der Waals surface area contributed by atoms with Gasteiger partial charge in [-0.15, -0.1) is 0 Å². The molecule has 0 bridgehead atoms. The van der Waals surface area contributed by atoms with Crippen LogP contribution in [0.4, 0.5) is 10.1 Å². The summed E-state index contributed by atoms with van der Waals surface area (Å²) in [7, 11) is -5.27. The molecule has 0 saturated carbocycles. The molecule has 0 aliphatic heterocycles. The average molecular weight is 407 g/mol. The van der Waals surface area contributed by atoms with Crippen molar-refractivity contribution in [3.63, 3.8) is 0 Å². The molecule has 0 aromatic heterocycles. The molecule has 0 fully saturated rings. The molecule has 2 rings (SSSR count). The number of hydrogen-bond acceptors (Lipinski definition) is 4. The molecular weight excluding hydrogens is 391 g/mol. The second kappa shape index (κ2) is 6.91. The minimum absolute atomic E-state index is 0.000347. The third kappa shape index (κ3) is 4.12. The first-order valence-electron chi connectivity index (χ1n) is 6.96. The van der Waals surface area contributed by atoms with E-state index in [4.69, 9.17) is 11.6 Å². The third-order valence-corrected chi connectivity index (χ3v) is 6.99. The number of halogens is 2. The van der Waals surface area contributed by atoms with Gasteiger partial charge in [-0.1, -0.05) is 17.7 Å². The molecular formula is C15H16ClFN2O4S2. The number of rotatable bonds is 5. The van der Waals surface area contributed by atoms with Crippen LogP contribution >= 0.6 is 11.6 Å². The van der Waals surface area contributed by atoms with Crippen LogP contribution in [0.5, 0.6) is 0 Å². The van der Waals surface area contributed by atoms with Gasteiger partial charge in [0.05, 0.1) is 10.6 Å². The summed E-state index contributed by atoms with van der Waals surface area (Å²) in [5.41, 5.74) is 0.453. The highest BCUT2D eigenvalue weighted by molar-refractivity contribution is 7.92. The summed E-state index contributed by atoms with van der Waals surface area (Å²) in [6, 6.07) is 7.22. The normalized spacial score (nSPS) is 12.4. The zero-order valence-corrected chi connectivity index (χ0v) is 16.0. The second-order valence-corrected chi connectivity index (χ2v) is 9.66. The van der Waals surface area contributed by atoms with E-state index in [1.54, 1.807) is 6.92 Å². The Morgan fingerprint density at radius 3 is 2.20 bits per heavy atom. The predicted molar refractivity (Wildman–Crippen MR) is 94.3 cm³/mol. The van der Waals surface area contributed by atoms with Gasteiger partial charge in [0.2, 0.25) is 10.0 Å². The number of anilines is 1. The van der Waals surface area contributed by atoms with Gasteiger partial charge in [0, 0.05) is 19.1 Å². The molecule has 0 unspecified atom stereocenters. The van der Waals surface area contributed by atoms with Crippen molar-refractivity contribution in [2.75, 3.05) is 18.8 Å². The van der Waals surface area contributed by atoms with Crippen LogP contribution in [-0.2, 0) is 20.0 Å². The van der Waals surface area contributed by atoms with Crippen molar-refractivity contribution in [2.24, 2.45) is 0 Å². The standard InChI is InChI=1S/C15H16ClFN2O4S2/c1-10-4-6-12(9-15(10)25(22,23)19(2)3)18-24(20,21)14-7-5-11(16)8-13(14)17/h4-9,18H,1-3H3. The number of hydrogen-bond donors (Lipinski definition) is 1. The number of benzene rings is 2. The Kier molecular flexibility index (Phi) is 5.43. The molecule has 2 aromatic rings. The fraction of sp³-hybridized carbons (Fsp3) is 0.200. The first-order valence-corrected chi connectivity index (χ1v) is 10.3. The molecule has 0 spiro atoms. The molecule has 25 heavy (non-hydrogen) atoms. The summed E-state index contributed by atoms with van der Waals surface area (Å²) < 4.78 is 66.4. The van der Waals surface area contributed by atoms with E-state index >= 15 is 0 Å². The van der Waals surface area contributed by atoms with E-state index in [0.29, 0.717) is 5.56 Å². The maximum atomic E-state index is 13.9. The molecule has 136 valence electrons. The van der Waals surface area contributed by atoms with Crippen molar-refractivity contribution in [1.82, 2.24) is 4.31 Å². The van der Waals surface area contributed by atoms with Gasteiger partial charge in [0.1, 0.15) is 10.7 Å². The monoisotopic (exact) mass is 406 g/mol. The minimum Gasteiger partial charge on any atom is -0.279 e. The van der Waals surface area contributed by atoms with Crippen LogP contribution in [0.2, 0.25) is 5.02 Å². The van der Waals surface area contributed by atoms with E-state index in [1.807, 2.05) is 0 Å². The summed E-state index contributed by atoms with van der Waals surface area (Å²) in [4.78, 5) is -0.635. The lowest BCUT2D eigenvalue weighted by Gasteiger charge is -2.15. The molecule has 0 aliphatic rings. The number of nitrogens with zero attached hydrogens (tertiary/aromatic N) is 1. The van der Waals surface area contributed by atoms with Gasteiger partial charge >= 0.3 is 0 Å². The zero-order chi connectivity index (χ0) is 19.0. The SMILES string of the molecule is Cc1ccc(NS(=O)(=O)c2ccc(Cl)cc2F)cc1S(=O)(=O)N(C)C. The van der Waals surface area contributed by atoms with E-state index in [-0.39, 0.29) is 15.6 Å². The van der Waals surface area contributed by atoms with Crippen LogP contribution in [0.25, 0.3) is 0 Å². The summed E-state index contributed by atoms with van der Waals surface area (Å²) in [5, 5.41) is 0.0612. The van der Waals surface area contributed by atoms with Gasteiger partial charge in [-0.2, -0.15) is 0 Å². The summed E-state index contributed by atoms with van der Waals surface area (Å²) >= 11 is 5.62. The highest BCUT2D eigenvalue weighted by Gasteiger charge is 2.23. The lowest BCUT2D eigenvalue weighted by molar-refractivity contribution is 0.520. The highest BCUT2D eigenvalue weighted by atomic mass is 35.5. The largest absolute Gasteiger partial charge is 0.279 e. The second-order valence-electron chi connectivity index (χ2n) is 5.45. The van der Waals surface area contributed by atoms with E-state index in [9.17, 15) is 21.2 Å². The Morgan fingerprint density at radius 1 is 1.00 bits per heavy atom. The quantitative estimate of drug-likeness (QED) is 0.827. The van der Waals surface area contributed by atoms with Crippen molar-refractivity contribution in [2.45, 2.75) is 16.7 Å². The van der Waals surface area contributed by atoms with Gasteiger partial charge in [-0.05, 0) is 42.8 Å². The molecule has 0 amide bonds. The summed E-state index contributed by atoms with van der Waals surface area (Å²) in [5.74, 6) is -1.01. The Bertz CT molecular complexity index is 1020. The molecule has 0 radical (unpaired) electrons. The Hall–Kier alpha value is -1.68. The molecule has 6 nitrogen and oxygen atoms in total. The van der Waals surface area contributed by atoms with Gasteiger partial charge in [0.25, 0.3) is 10.0 Å². The van der Waals surface area contributed by atoms with Gasteiger partial charge in [-0.25, -0.2) is 25.5 Å². The van der Waals surface area contributed by atoms with Crippen LogP contribution < -0.4 is 4.72 Å². The van der Waals surface area contributed by atoms with Crippen molar-refractivity contribution < 1.29 is 21.2 Å². The van der Waals surface area contributed by atoms with E-state index in [0.717, 1.165) is 16.4 Å². The van der Waals surface area contributed by atoms with Crippen LogP contribution in [-0.4, -0.2) is 35.2 Å². The van der Waals surface area contributed by atoms with Gasteiger partial charge < -0.3 is 0 Å². The average Bonchev–Trinajstić information content (AvgIpc) is 2.48. The van der Waals surface area contributed by atoms with E-state index in [2.05, 4.69) is 4.72 Å².